The van der Waals surface area contributed by atoms with Gasteiger partial charge in [0.25, 0.3) is 5.88 Å². The summed E-state index contributed by atoms with van der Waals surface area (Å²) in [6, 6.07) is 1.80. The summed E-state index contributed by atoms with van der Waals surface area (Å²) in [5.74, 6) is 1.04. The van der Waals surface area contributed by atoms with E-state index in [1.165, 1.54) is 0 Å². The molecule has 0 aliphatic rings. The lowest BCUT2D eigenvalue weighted by Crippen LogP contribution is -1.93. The molecule has 0 saturated carbocycles. The Labute approximate surface area is 74.7 Å². The van der Waals surface area contributed by atoms with Gasteiger partial charge in [0.05, 0.1) is 26.1 Å². The van der Waals surface area contributed by atoms with Gasteiger partial charge >= 0.3 is 0 Å². The highest BCUT2D eigenvalue weighted by Crippen LogP contribution is 2.26. The van der Waals surface area contributed by atoms with E-state index in [1.54, 1.807) is 26.6 Å². The molecule has 0 fully saturated rings. The largest absolute Gasteiger partial charge is 0.491 e. The number of pyridine rings is 1. The van der Waals surface area contributed by atoms with E-state index in [2.05, 4.69) is 15.0 Å². The summed E-state index contributed by atoms with van der Waals surface area (Å²) in [7, 11) is 3.12. The quantitative estimate of drug-likeness (QED) is 0.746. The second-order valence-corrected chi connectivity index (χ2v) is 2.47. The number of imidazole rings is 1. The normalized spacial score (nSPS) is 10.3. The number of aromatic nitrogens is 3. The van der Waals surface area contributed by atoms with Crippen LogP contribution in [0, 0.1) is 0 Å². The van der Waals surface area contributed by atoms with E-state index in [1.807, 2.05) is 0 Å². The number of aromatic amines is 1. The third-order valence-corrected chi connectivity index (χ3v) is 1.75. The highest BCUT2D eigenvalue weighted by Gasteiger charge is 2.08. The fraction of sp³-hybridized carbons (Fsp3) is 0.250. The zero-order valence-electron chi connectivity index (χ0n) is 7.37. The molecule has 0 unspecified atom stereocenters. The van der Waals surface area contributed by atoms with Crippen molar-refractivity contribution in [1.82, 2.24) is 15.0 Å². The Hall–Kier alpha value is -1.78. The summed E-state index contributed by atoms with van der Waals surface area (Å²) in [4.78, 5) is 11.1. The van der Waals surface area contributed by atoms with E-state index in [0.717, 1.165) is 5.52 Å². The van der Waals surface area contributed by atoms with Crippen LogP contribution in [0.5, 0.6) is 11.6 Å². The Morgan fingerprint density at radius 2 is 2.15 bits per heavy atom. The predicted octanol–water partition coefficient (Wildman–Crippen LogP) is 0.975. The number of nitrogens with one attached hydrogen (secondary N) is 1. The van der Waals surface area contributed by atoms with Crippen molar-refractivity contribution in [2.45, 2.75) is 0 Å². The highest BCUT2D eigenvalue weighted by molar-refractivity contribution is 5.73. The van der Waals surface area contributed by atoms with Gasteiger partial charge in [-0.25, -0.2) is 4.98 Å². The molecule has 0 aliphatic carbocycles. The van der Waals surface area contributed by atoms with Crippen molar-refractivity contribution < 1.29 is 9.47 Å². The van der Waals surface area contributed by atoms with Crippen LogP contribution in [-0.4, -0.2) is 29.2 Å². The van der Waals surface area contributed by atoms with Crippen LogP contribution in [0.4, 0.5) is 0 Å². The number of hydrogen-bond donors (Lipinski definition) is 1. The molecule has 5 heteroatoms. The first-order valence-corrected chi connectivity index (χ1v) is 3.77. The lowest BCUT2D eigenvalue weighted by Gasteiger charge is -2.04. The number of methoxy groups -OCH3 is 2. The van der Waals surface area contributed by atoms with E-state index in [0.29, 0.717) is 17.3 Å². The van der Waals surface area contributed by atoms with Gasteiger partial charge in [-0.2, -0.15) is 4.98 Å². The van der Waals surface area contributed by atoms with Crippen LogP contribution in [-0.2, 0) is 0 Å². The molecule has 0 saturated heterocycles. The molecule has 2 rings (SSSR count). The number of fused-ring (bicyclic) bond motifs is 1. The maximum absolute atomic E-state index is 5.08. The molecule has 0 spiro atoms. The second kappa shape index (κ2) is 2.93. The molecule has 1 N–H and O–H groups in total. The predicted molar refractivity (Wildman–Crippen MR) is 47.0 cm³/mol. The molecule has 0 aromatic carbocycles. The highest BCUT2D eigenvalue weighted by atomic mass is 16.5. The monoisotopic (exact) mass is 179 g/mol. The van der Waals surface area contributed by atoms with E-state index in [9.17, 15) is 0 Å². The molecule has 0 radical (unpaired) electrons. The van der Waals surface area contributed by atoms with Gasteiger partial charge in [0.2, 0.25) is 0 Å². The molecule has 0 atom stereocenters. The average molecular weight is 179 g/mol. The van der Waals surface area contributed by atoms with Crippen LogP contribution in [0.1, 0.15) is 0 Å². The number of nitrogens with zero attached hydrogens (tertiary/aromatic N) is 2. The zero-order chi connectivity index (χ0) is 9.26. The van der Waals surface area contributed by atoms with Crippen molar-refractivity contribution in [2.24, 2.45) is 0 Å². The molecule has 68 valence electrons. The SMILES string of the molecule is COc1cc2[nH]cnc2nc1OC. The Morgan fingerprint density at radius 1 is 1.31 bits per heavy atom. The lowest BCUT2D eigenvalue weighted by atomic mass is 10.4. The van der Waals surface area contributed by atoms with Crippen LogP contribution in [0.15, 0.2) is 12.4 Å². The minimum absolute atomic E-state index is 0.446. The van der Waals surface area contributed by atoms with E-state index in [4.69, 9.17) is 9.47 Å². The third-order valence-electron chi connectivity index (χ3n) is 1.75. The van der Waals surface area contributed by atoms with Gasteiger partial charge < -0.3 is 14.5 Å². The Bertz CT molecular complexity index is 386. The number of H-pyrrole nitrogens is 1. The number of hydrogen-bond acceptors (Lipinski definition) is 4. The van der Waals surface area contributed by atoms with Crippen molar-refractivity contribution in [3.05, 3.63) is 12.4 Å². The van der Waals surface area contributed by atoms with Gasteiger partial charge in [-0.05, 0) is 0 Å². The molecule has 0 bridgehead atoms. The standard InChI is InChI=1S/C8H9N3O2/c1-12-6-3-5-7(10-4-9-5)11-8(6)13-2/h3-4H,1-2H3,(H,9,10,11). The lowest BCUT2D eigenvalue weighted by molar-refractivity contribution is 0.344. The first-order chi connectivity index (χ1) is 6.35. The minimum Gasteiger partial charge on any atom is -0.491 e. The average Bonchev–Trinajstić information content (AvgIpc) is 2.62. The maximum atomic E-state index is 5.08. The topological polar surface area (TPSA) is 60.0 Å². The second-order valence-electron chi connectivity index (χ2n) is 2.47. The molecule has 2 aromatic rings. The van der Waals surface area contributed by atoms with Gasteiger partial charge in [-0.1, -0.05) is 0 Å². The fourth-order valence-electron chi connectivity index (χ4n) is 1.13. The van der Waals surface area contributed by atoms with Crippen LogP contribution in [0.3, 0.4) is 0 Å². The summed E-state index contributed by atoms with van der Waals surface area (Å²) < 4.78 is 10.1. The van der Waals surface area contributed by atoms with Crippen LogP contribution < -0.4 is 9.47 Å². The number of rotatable bonds is 2. The summed E-state index contributed by atoms with van der Waals surface area (Å²) in [5, 5.41) is 0. The summed E-state index contributed by atoms with van der Waals surface area (Å²) in [5.41, 5.74) is 1.45. The van der Waals surface area contributed by atoms with Crippen molar-refractivity contribution in [2.75, 3.05) is 14.2 Å². The third kappa shape index (κ3) is 1.18. The van der Waals surface area contributed by atoms with Gasteiger partial charge in [-0.3, -0.25) is 0 Å². The fourth-order valence-corrected chi connectivity index (χ4v) is 1.13. The Morgan fingerprint density at radius 3 is 2.85 bits per heavy atom. The van der Waals surface area contributed by atoms with E-state index in [-0.39, 0.29) is 0 Å². The molecule has 13 heavy (non-hydrogen) atoms. The van der Waals surface area contributed by atoms with Crippen molar-refractivity contribution in [3.8, 4) is 11.6 Å². The molecule has 0 amide bonds. The first-order valence-electron chi connectivity index (χ1n) is 3.77. The van der Waals surface area contributed by atoms with Gasteiger partial charge in [0.15, 0.2) is 11.4 Å². The molecule has 0 aliphatic heterocycles. The van der Waals surface area contributed by atoms with Crippen molar-refractivity contribution >= 4 is 11.2 Å². The summed E-state index contributed by atoms with van der Waals surface area (Å²) in [6.45, 7) is 0. The van der Waals surface area contributed by atoms with Gasteiger partial charge in [-0.15, -0.1) is 0 Å². The molecule has 5 nitrogen and oxygen atoms in total. The number of ether oxygens (including phenoxy) is 2. The van der Waals surface area contributed by atoms with Crippen molar-refractivity contribution in [1.29, 1.82) is 0 Å². The van der Waals surface area contributed by atoms with Gasteiger partial charge in [0, 0.05) is 6.07 Å². The summed E-state index contributed by atoms with van der Waals surface area (Å²) >= 11 is 0. The molecule has 2 heterocycles. The van der Waals surface area contributed by atoms with Crippen LogP contribution in [0.2, 0.25) is 0 Å². The maximum Gasteiger partial charge on any atom is 0.258 e. The van der Waals surface area contributed by atoms with Crippen molar-refractivity contribution in [3.63, 3.8) is 0 Å². The zero-order valence-corrected chi connectivity index (χ0v) is 7.37. The summed E-state index contributed by atoms with van der Waals surface area (Å²) in [6.07, 6.45) is 1.58. The smallest absolute Gasteiger partial charge is 0.258 e. The first kappa shape index (κ1) is 7.85. The van der Waals surface area contributed by atoms with Crippen LogP contribution >= 0.6 is 0 Å². The Balaban J connectivity index is 2.67. The molecular formula is C8H9N3O2. The Kier molecular flexibility index (Phi) is 1.77. The van der Waals surface area contributed by atoms with Crippen LogP contribution in [0.25, 0.3) is 11.2 Å². The minimum atomic E-state index is 0.446. The molecule has 2 aromatic heterocycles. The van der Waals surface area contributed by atoms with E-state index < -0.39 is 0 Å². The molecular weight excluding hydrogens is 170 g/mol. The van der Waals surface area contributed by atoms with E-state index >= 15 is 0 Å². The van der Waals surface area contributed by atoms with Gasteiger partial charge in [0.1, 0.15) is 0 Å².